The van der Waals surface area contributed by atoms with Crippen LogP contribution >= 0.6 is 22.9 Å². The van der Waals surface area contributed by atoms with Gasteiger partial charge < -0.3 is 24.8 Å². The molecule has 17 heteroatoms. The molecule has 13 nitrogen and oxygen atoms in total. The summed E-state index contributed by atoms with van der Waals surface area (Å²) in [4.78, 5) is 57.0. The molecule has 0 saturated carbocycles. The van der Waals surface area contributed by atoms with Crippen LogP contribution in [0, 0.1) is 11.6 Å². The summed E-state index contributed by atoms with van der Waals surface area (Å²) in [6.07, 6.45) is 2.97. The minimum absolute atomic E-state index is 0.107. The molecule has 5 heterocycles. The quantitative estimate of drug-likeness (QED) is 0.222. The average Bonchev–Trinajstić information content (AvgIpc) is 3.77. The molecule has 0 spiro atoms. The number of esters is 1. The Hall–Kier alpha value is -5.45. The number of methoxy groups -OCH3 is 1. The second-order valence-corrected chi connectivity index (χ2v) is 13.1. The zero-order valence-corrected chi connectivity index (χ0v) is 28.3. The van der Waals surface area contributed by atoms with Gasteiger partial charge in [0.05, 0.1) is 37.0 Å². The third-order valence-corrected chi connectivity index (χ3v) is 9.75. The Labute approximate surface area is 298 Å². The van der Waals surface area contributed by atoms with E-state index in [9.17, 15) is 28.3 Å². The topological polar surface area (TPSA) is 150 Å². The van der Waals surface area contributed by atoms with E-state index in [1.807, 2.05) is 0 Å². The molecular formula is C34H28ClF2N7O6S. The molecule has 262 valence electrons. The minimum Gasteiger partial charge on any atom is -0.478 e. The summed E-state index contributed by atoms with van der Waals surface area (Å²) in [5.74, 6) is -2.43. The van der Waals surface area contributed by atoms with Crippen LogP contribution in [-0.2, 0) is 9.53 Å². The van der Waals surface area contributed by atoms with E-state index in [0.29, 0.717) is 54.1 Å². The highest BCUT2D eigenvalue weighted by Crippen LogP contribution is 2.37. The van der Waals surface area contributed by atoms with Crippen molar-refractivity contribution < 1.29 is 37.7 Å². The normalized spacial score (nSPS) is 19.1. The predicted octanol–water partition coefficient (Wildman–Crippen LogP) is 5.10. The molecule has 7 rings (SSSR count). The minimum atomic E-state index is -1.22. The highest BCUT2D eigenvalue weighted by Gasteiger charge is 2.43. The number of carbonyl (C=O) groups excluding carboxylic acids is 2. The van der Waals surface area contributed by atoms with Gasteiger partial charge in [0.25, 0.3) is 0 Å². The number of hydrogen-bond acceptors (Lipinski definition) is 11. The fourth-order valence-corrected chi connectivity index (χ4v) is 7.09. The van der Waals surface area contributed by atoms with Gasteiger partial charge in [-0.25, -0.2) is 33.1 Å². The van der Waals surface area contributed by atoms with Crippen molar-refractivity contribution in [1.29, 1.82) is 0 Å². The molecule has 2 saturated heterocycles. The molecule has 0 radical (unpaired) electrons. The van der Waals surface area contributed by atoms with E-state index in [4.69, 9.17) is 26.1 Å². The lowest BCUT2D eigenvalue weighted by Gasteiger charge is -2.38. The van der Waals surface area contributed by atoms with Crippen molar-refractivity contribution in [2.75, 3.05) is 44.7 Å². The number of benzene rings is 2. The van der Waals surface area contributed by atoms with E-state index in [1.165, 1.54) is 48.9 Å². The molecule has 2 amide bonds. The number of aromatic nitrogens is 2. The van der Waals surface area contributed by atoms with Crippen LogP contribution in [-0.4, -0.2) is 94.6 Å². The lowest BCUT2D eigenvalue weighted by atomic mass is 9.95. The van der Waals surface area contributed by atoms with Crippen molar-refractivity contribution in [3.8, 4) is 11.5 Å². The molecule has 2 fully saturated rings. The van der Waals surface area contributed by atoms with E-state index in [-0.39, 0.29) is 46.3 Å². The van der Waals surface area contributed by atoms with Gasteiger partial charge in [-0.2, -0.15) is 0 Å². The van der Waals surface area contributed by atoms with Gasteiger partial charge in [-0.1, -0.05) is 17.7 Å². The molecule has 3 aliphatic heterocycles. The number of urea groups is 1. The number of nitrogens with zero attached hydrogens (tertiary/aromatic N) is 6. The third-order valence-electron chi connectivity index (χ3n) is 8.65. The van der Waals surface area contributed by atoms with Gasteiger partial charge in [-0.3, -0.25) is 14.8 Å². The van der Waals surface area contributed by atoms with Gasteiger partial charge in [0, 0.05) is 54.0 Å². The molecular weight excluding hydrogens is 708 g/mol. The number of aromatic carboxylic acids is 1. The fraction of sp³-hybridized carbons (Fsp3) is 0.235. The SMILES string of the molecule is COC(=O)C1=C(CN2CCN3C(=O)N(c4ccc(Oc5cc(C(=O)O)ccc5F)cn4)C[C@@H]3C2)NC(c2nccs2)=N[C@H]1c1ccc(F)cc1Cl. The lowest BCUT2D eigenvalue weighted by molar-refractivity contribution is -0.136. The van der Waals surface area contributed by atoms with Gasteiger partial charge in [0.2, 0.25) is 0 Å². The number of hydrogen-bond donors (Lipinski definition) is 2. The smallest absolute Gasteiger partial charge is 0.338 e. The molecule has 0 aliphatic carbocycles. The number of nitrogens with one attached hydrogen (secondary N) is 1. The first-order valence-corrected chi connectivity index (χ1v) is 16.8. The first-order valence-electron chi connectivity index (χ1n) is 15.6. The van der Waals surface area contributed by atoms with Crippen LogP contribution in [0.2, 0.25) is 5.02 Å². The second-order valence-electron chi connectivity index (χ2n) is 11.8. The van der Waals surface area contributed by atoms with Gasteiger partial charge in [0.15, 0.2) is 22.4 Å². The summed E-state index contributed by atoms with van der Waals surface area (Å²) in [6.45, 7) is 1.96. The first-order chi connectivity index (χ1) is 24.6. The van der Waals surface area contributed by atoms with E-state index >= 15 is 0 Å². The average molecular weight is 736 g/mol. The number of fused-ring (bicyclic) bond motifs is 1. The van der Waals surface area contributed by atoms with Gasteiger partial charge in [-0.15, -0.1) is 11.3 Å². The number of carbonyl (C=O) groups is 3. The van der Waals surface area contributed by atoms with E-state index < -0.39 is 29.6 Å². The predicted molar refractivity (Wildman–Crippen MR) is 182 cm³/mol. The van der Waals surface area contributed by atoms with Gasteiger partial charge >= 0.3 is 18.0 Å². The van der Waals surface area contributed by atoms with Crippen LogP contribution in [0.1, 0.15) is 27.0 Å². The number of piperazine rings is 1. The number of amidine groups is 1. The van der Waals surface area contributed by atoms with Crippen LogP contribution in [0.4, 0.5) is 19.4 Å². The summed E-state index contributed by atoms with van der Waals surface area (Å²) in [5, 5.41) is 15.0. The molecule has 2 aromatic carbocycles. The third kappa shape index (κ3) is 6.85. The Morgan fingerprint density at radius 2 is 1.94 bits per heavy atom. The second kappa shape index (κ2) is 14.0. The summed E-state index contributed by atoms with van der Waals surface area (Å²) in [6, 6.07) is 8.90. The summed E-state index contributed by atoms with van der Waals surface area (Å²) in [5.41, 5.74) is 1.03. The Morgan fingerprint density at radius 3 is 2.65 bits per heavy atom. The number of carboxylic acid groups (broad SMARTS) is 1. The Bertz CT molecular complexity index is 2080. The molecule has 0 unspecified atom stereocenters. The molecule has 2 N–H and O–H groups in total. The number of halogens is 3. The number of thiazole rings is 1. The molecule has 4 aromatic rings. The van der Waals surface area contributed by atoms with Crippen LogP contribution in [0.5, 0.6) is 11.5 Å². The first kappa shape index (κ1) is 34.0. The largest absolute Gasteiger partial charge is 0.478 e. The van der Waals surface area contributed by atoms with Crippen molar-refractivity contribution in [3.05, 3.63) is 110 Å². The van der Waals surface area contributed by atoms with E-state index in [1.54, 1.807) is 27.4 Å². The van der Waals surface area contributed by atoms with Crippen molar-refractivity contribution in [2.45, 2.75) is 12.1 Å². The number of carboxylic acids is 1. The highest BCUT2D eigenvalue weighted by molar-refractivity contribution is 7.11. The standard InChI is InChI=1S/C34H28ClF2N7O6S/c1-49-33(47)28-25(40-30(31-38-8-11-51-31)41-29(28)22-5-3-19(36)13-23(22)35)17-42-9-10-43-20(15-42)16-44(34(43)48)27-7-4-21(14-39-27)50-26-12-18(32(45)46)2-6-24(26)37/h2-8,11-14,20,29H,9-10,15-17H2,1H3,(H,40,41)(H,45,46)/t20-,29-/m0/s1. The van der Waals surface area contributed by atoms with Crippen molar-refractivity contribution in [3.63, 3.8) is 0 Å². The molecule has 0 bridgehead atoms. The van der Waals surface area contributed by atoms with Crippen LogP contribution in [0.15, 0.2) is 82.6 Å². The molecule has 2 atom stereocenters. The number of amides is 2. The lowest BCUT2D eigenvalue weighted by Crippen LogP contribution is -2.53. The number of anilines is 1. The number of rotatable bonds is 9. The van der Waals surface area contributed by atoms with Crippen LogP contribution in [0.25, 0.3) is 0 Å². The van der Waals surface area contributed by atoms with Crippen molar-refractivity contribution >= 4 is 52.6 Å². The van der Waals surface area contributed by atoms with Gasteiger partial charge in [0.1, 0.15) is 23.4 Å². The van der Waals surface area contributed by atoms with Gasteiger partial charge in [-0.05, 0) is 42.5 Å². The number of ether oxygens (including phenoxy) is 2. The Balaban J connectivity index is 1.10. The maximum Gasteiger partial charge on any atom is 0.338 e. The van der Waals surface area contributed by atoms with E-state index in [0.717, 1.165) is 18.2 Å². The monoisotopic (exact) mass is 735 g/mol. The molecule has 3 aliphatic rings. The summed E-state index contributed by atoms with van der Waals surface area (Å²) in [7, 11) is 1.27. The molecule has 2 aromatic heterocycles. The number of pyridine rings is 1. The van der Waals surface area contributed by atoms with Crippen LogP contribution in [0.3, 0.4) is 0 Å². The van der Waals surface area contributed by atoms with Crippen molar-refractivity contribution in [2.24, 2.45) is 4.99 Å². The maximum atomic E-state index is 14.3. The molecule has 51 heavy (non-hydrogen) atoms. The van der Waals surface area contributed by atoms with Crippen LogP contribution < -0.4 is 15.0 Å². The summed E-state index contributed by atoms with van der Waals surface area (Å²) >= 11 is 7.84. The maximum absolute atomic E-state index is 14.3. The number of aliphatic imine (C=N–C) groups is 1. The summed E-state index contributed by atoms with van der Waals surface area (Å²) < 4.78 is 39.0. The zero-order valence-electron chi connectivity index (χ0n) is 26.8. The highest BCUT2D eigenvalue weighted by atomic mass is 35.5. The van der Waals surface area contributed by atoms with Crippen molar-refractivity contribution in [1.82, 2.24) is 25.1 Å². The zero-order chi connectivity index (χ0) is 35.8. The Kier molecular flexibility index (Phi) is 9.37. The Morgan fingerprint density at radius 1 is 1.10 bits per heavy atom. The fourth-order valence-electron chi connectivity index (χ4n) is 6.23. The van der Waals surface area contributed by atoms with E-state index in [2.05, 4.69) is 20.2 Å².